The van der Waals surface area contributed by atoms with Crippen LogP contribution in [-0.4, -0.2) is 24.2 Å². The van der Waals surface area contributed by atoms with E-state index in [1.54, 1.807) is 0 Å². The second kappa shape index (κ2) is 3.24. The molecule has 3 rings (SSSR count). The van der Waals surface area contributed by atoms with Gasteiger partial charge in [0.25, 0.3) is 0 Å². The molecule has 1 N–H and O–H groups in total. The SMILES string of the molecule is Cc1nc2cc(NC3COC3)ccc2o1. The zero-order chi connectivity index (χ0) is 10.3. The number of hydrogen-bond acceptors (Lipinski definition) is 4. The number of oxazole rings is 1. The van der Waals surface area contributed by atoms with Crippen molar-refractivity contribution in [2.75, 3.05) is 18.5 Å². The van der Waals surface area contributed by atoms with Crippen LogP contribution in [0.5, 0.6) is 0 Å². The maximum Gasteiger partial charge on any atom is 0.192 e. The monoisotopic (exact) mass is 204 g/mol. The summed E-state index contributed by atoms with van der Waals surface area (Å²) in [6.07, 6.45) is 0. The van der Waals surface area contributed by atoms with Gasteiger partial charge in [-0.05, 0) is 18.2 Å². The summed E-state index contributed by atoms with van der Waals surface area (Å²) < 4.78 is 10.5. The molecule has 4 heteroatoms. The number of rotatable bonds is 2. The van der Waals surface area contributed by atoms with Crippen molar-refractivity contribution in [2.24, 2.45) is 0 Å². The predicted octanol–water partition coefficient (Wildman–Crippen LogP) is 1.95. The van der Waals surface area contributed by atoms with E-state index in [0.717, 1.165) is 30.0 Å². The Hall–Kier alpha value is -1.55. The van der Waals surface area contributed by atoms with Crippen LogP contribution in [0.15, 0.2) is 22.6 Å². The van der Waals surface area contributed by atoms with Crippen molar-refractivity contribution >= 4 is 16.8 Å². The van der Waals surface area contributed by atoms with Crippen LogP contribution >= 0.6 is 0 Å². The second-order valence-corrected chi connectivity index (χ2v) is 3.79. The van der Waals surface area contributed by atoms with E-state index in [-0.39, 0.29) is 0 Å². The Kier molecular flexibility index (Phi) is 1.89. The third-order valence-electron chi connectivity index (χ3n) is 2.50. The molecule has 1 aliphatic heterocycles. The molecule has 1 aromatic carbocycles. The summed E-state index contributed by atoms with van der Waals surface area (Å²) in [5.41, 5.74) is 2.81. The first-order valence-electron chi connectivity index (χ1n) is 5.03. The van der Waals surface area contributed by atoms with Crippen molar-refractivity contribution in [2.45, 2.75) is 13.0 Å². The van der Waals surface area contributed by atoms with Crippen LogP contribution in [0.2, 0.25) is 0 Å². The first kappa shape index (κ1) is 8.73. The minimum Gasteiger partial charge on any atom is -0.441 e. The van der Waals surface area contributed by atoms with Crippen LogP contribution < -0.4 is 5.32 Å². The molecular formula is C11H12N2O2. The van der Waals surface area contributed by atoms with Gasteiger partial charge in [0.2, 0.25) is 0 Å². The van der Waals surface area contributed by atoms with Gasteiger partial charge >= 0.3 is 0 Å². The van der Waals surface area contributed by atoms with Crippen LogP contribution in [0.3, 0.4) is 0 Å². The summed E-state index contributed by atoms with van der Waals surface area (Å²) in [7, 11) is 0. The Morgan fingerprint density at radius 1 is 1.40 bits per heavy atom. The van der Waals surface area contributed by atoms with Crippen LogP contribution in [0.25, 0.3) is 11.1 Å². The van der Waals surface area contributed by atoms with Gasteiger partial charge in [0.1, 0.15) is 5.52 Å². The minimum atomic E-state index is 0.440. The summed E-state index contributed by atoms with van der Waals surface area (Å²) in [5, 5.41) is 3.37. The zero-order valence-electron chi connectivity index (χ0n) is 8.49. The first-order chi connectivity index (χ1) is 7.31. The van der Waals surface area contributed by atoms with E-state index in [1.165, 1.54) is 0 Å². The number of ether oxygens (including phenoxy) is 1. The van der Waals surface area contributed by atoms with Gasteiger partial charge in [-0.3, -0.25) is 0 Å². The third kappa shape index (κ3) is 1.57. The molecule has 15 heavy (non-hydrogen) atoms. The van der Waals surface area contributed by atoms with Crippen molar-refractivity contribution in [3.05, 3.63) is 24.1 Å². The molecule has 1 saturated heterocycles. The Labute approximate surface area is 87.2 Å². The molecule has 2 heterocycles. The van der Waals surface area contributed by atoms with Crippen molar-refractivity contribution in [1.82, 2.24) is 4.98 Å². The molecule has 0 atom stereocenters. The van der Waals surface area contributed by atoms with Gasteiger partial charge in [0, 0.05) is 12.6 Å². The fourth-order valence-corrected chi connectivity index (χ4v) is 1.69. The normalized spacial score (nSPS) is 16.6. The largest absolute Gasteiger partial charge is 0.441 e. The number of nitrogens with one attached hydrogen (secondary N) is 1. The van der Waals surface area contributed by atoms with Crippen molar-refractivity contribution in [3.8, 4) is 0 Å². The molecule has 1 aromatic heterocycles. The summed E-state index contributed by atoms with van der Waals surface area (Å²) in [6, 6.07) is 6.39. The van der Waals surface area contributed by atoms with Crippen LogP contribution in [0.1, 0.15) is 5.89 Å². The topological polar surface area (TPSA) is 47.3 Å². The fraction of sp³-hybridized carbons (Fsp3) is 0.364. The number of hydrogen-bond donors (Lipinski definition) is 1. The fourth-order valence-electron chi connectivity index (χ4n) is 1.69. The minimum absolute atomic E-state index is 0.440. The quantitative estimate of drug-likeness (QED) is 0.812. The van der Waals surface area contributed by atoms with Gasteiger partial charge in [-0.25, -0.2) is 4.98 Å². The Bertz CT molecular complexity index is 488. The van der Waals surface area contributed by atoms with E-state index in [1.807, 2.05) is 25.1 Å². The van der Waals surface area contributed by atoms with Crippen molar-refractivity contribution in [1.29, 1.82) is 0 Å². The Morgan fingerprint density at radius 3 is 3.00 bits per heavy atom. The maximum absolute atomic E-state index is 5.40. The number of nitrogens with zero attached hydrogens (tertiary/aromatic N) is 1. The number of anilines is 1. The van der Waals surface area contributed by atoms with Gasteiger partial charge in [0.15, 0.2) is 11.5 Å². The van der Waals surface area contributed by atoms with E-state index in [2.05, 4.69) is 10.3 Å². The molecule has 0 amide bonds. The van der Waals surface area contributed by atoms with Crippen molar-refractivity contribution in [3.63, 3.8) is 0 Å². The molecule has 4 nitrogen and oxygen atoms in total. The lowest BCUT2D eigenvalue weighted by Crippen LogP contribution is -2.40. The van der Waals surface area contributed by atoms with Gasteiger partial charge in [-0.15, -0.1) is 0 Å². The summed E-state index contributed by atoms with van der Waals surface area (Å²) in [6.45, 7) is 3.43. The van der Waals surface area contributed by atoms with Gasteiger partial charge in [-0.1, -0.05) is 0 Å². The lowest BCUT2D eigenvalue weighted by Gasteiger charge is -2.27. The molecule has 0 bridgehead atoms. The third-order valence-corrected chi connectivity index (χ3v) is 2.50. The standard InChI is InChI=1S/C11H12N2O2/c1-7-12-10-4-8(2-3-11(10)15-7)13-9-5-14-6-9/h2-4,9,13H,5-6H2,1H3. The van der Waals surface area contributed by atoms with E-state index >= 15 is 0 Å². The van der Waals surface area contributed by atoms with E-state index < -0.39 is 0 Å². The molecule has 0 aliphatic carbocycles. The number of aryl methyl sites for hydroxylation is 1. The average Bonchev–Trinajstić information content (AvgIpc) is 2.50. The molecular weight excluding hydrogens is 192 g/mol. The zero-order valence-corrected chi connectivity index (χ0v) is 8.49. The number of fused-ring (bicyclic) bond motifs is 1. The number of aromatic nitrogens is 1. The van der Waals surface area contributed by atoms with E-state index in [9.17, 15) is 0 Å². The lowest BCUT2D eigenvalue weighted by molar-refractivity contribution is 0.0211. The second-order valence-electron chi connectivity index (χ2n) is 3.79. The summed E-state index contributed by atoms with van der Waals surface area (Å²) >= 11 is 0. The summed E-state index contributed by atoms with van der Waals surface area (Å²) in [5.74, 6) is 0.703. The molecule has 2 aromatic rings. The van der Waals surface area contributed by atoms with Gasteiger partial charge < -0.3 is 14.5 Å². The smallest absolute Gasteiger partial charge is 0.192 e. The highest BCUT2D eigenvalue weighted by molar-refractivity contribution is 5.77. The summed E-state index contributed by atoms with van der Waals surface area (Å²) in [4.78, 5) is 4.29. The highest BCUT2D eigenvalue weighted by Crippen LogP contribution is 2.21. The van der Waals surface area contributed by atoms with Gasteiger partial charge in [-0.2, -0.15) is 0 Å². The highest BCUT2D eigenvalue weighted by atomic mass is 16.5. The average molecular weight is 204 g/mol. The predicted molar refractivity (Wildman–Crippen MR) is 57.0 cm³/mol. The van der Waals surface area contributed by atoms with E-state index in [0.29, 0.717) is 11.9 Å². The molecule has 0 unspecified atom stereocenters. The van der Waals surface area contributed by atoms with Gasteiger partial charge in [0.05, 0.1) is 19.3 Å². The maximum atomic E-state index is 5.40. The first-order valence-corrected chi connectivity index (χ1v) is 5.03. The van der Waals surface area contributed by atoms with E-state index in [4.69, 9.17) is 9.15 Å². The van der Waals surface area contributed by atoms with Crippen LogP contribution in [-0.2, 0) is 4.74 Å². The lowest BCUT2D eigenvalue weighted by atomic mass is 10.2. The van der Waals surface area contributed by atoms with Crippen molar-refractivity contribution < 1.29 is 9.15 Å². The molecule has 1 aliphatic rings. The van der Waals surface area contributed by atoms with Crippen LogP contribution in [0.4, 0.5) is 5.69 Å². The molecule has 0 radical (unpaired) electrons. The molecule has 0 saturated carbocycles. The highest BCUT2D eigenvalue weighted by Gasteiger charge is 2.17. The molecule has 78 valence electrons. The Balaban J connectivity index is 1.90. The Morgan fingerprint density at radius 2 is 2.27 bits per heavy atom. The molecule has 0 spiro atoms. The molecule has 1 fully saturated rings. The number of benzene rings is 1. The van der Waals surface area contributed by atoms with Crippen LogP contribution in [0, 0.1) is 6.92 Å².